The highest BCUT2D eigenvalue weighted by Crippen LogP contribution is 2.33. The Morgan fingerprint density at radius 1 is 1.30 bits per heavy atom. The van der Waals surface area contributed by atoms with Crippen LogP contribution in [-0.2, 0) is 10.5 Å². The number of carbonyl (C=O) groups is 2. The largest absolute Gasteiger partial charge is 0.351 e. The molecule has 2 atom stereocenters. The lowest BCUT2D eigenvalue weighted by Crippen LogP contribution is -2.28. The summed E-state index contributed by atoms with van der Waals surface area (Å²) in [6, 6.07) is 7.31. The van der Waals surface area contributed by atoms with E-state index < -0.39 is 0 Å². The molecule has 20 heavy (non-hydrogen) atoms. The van der Waals surface area contributed by atoms with Crippen molar-refractivity contribution in [2.75, 3.05) is 13.1 Å². The summed E-state index contributed by atoms with van der Waals surface area (Å²) in [4.78, 5) is 23.4. The molecular formula is C14H19N3O2S. The summed E-state index contributed by atoms with van der Waals surface area (Å²) in [7, 11) is 0. The van der Waals surface area contributed by atoms with Gasteiger partial charge in [0.2, 0.25) is 0 Å². The summed E-state index contributed by atoms with van der Waals surface area (Å²) in [5.74, 6) is 0.531. The Labute approximate surface area is 122 Å². The van der Waals surface area contributed by atoms with Crippen molar-refractivity contribution >= 4 is 22.8 Å². The summed E-state index contributed by atoms with van der Waals surface area (Å²) in [6.45, 7) is 0.887. The average Bonchev–Trinajstić information content (AvgIpc) is 3.20. The zero-order valence-electron chi connectivity index (χ0n) is 11.2. The molecule has 5 N–H and O–H groups in total. The first-order valence-corrected chi connectivity index (χ1v) is 7.60. The van der Waals surface area contributed by atoms with Crippen molar-refractivity contribution in [3.8, 4) is 0 Å². The van der Waals surface area contributed by atoms with Crippen molar-refractivity contribution in [1.29, 1.82) is 0 Å². The van der Waals surface area contributed by atoms with E-state index in [4.69, 9.17) is 11.5 Å². The summed E-state index contributed by atoms with van der Waals surface area (Å²) in [5, 5.41) is 2.88. The Hall–Kier alpha value is -1.37. The first kappa shape index (κ1) is 15.0. The SMILES string of the molecule is NCCNC(=O)c1ccc(CSC(=O)C2CC2N)cc1. The van der Waals surface area contributed by atoms with Crippen LogP contribution in [0.1, 0.15) is 22.3 Å². The molecule has 1 saturated carbocycles. The fourth-order valence-corrected chi connectivity index (χ4v) is 2.77. The second-order valence-corrected chi connectivity index (χ2v) is 5.83. The predicted octanol–water partition coefficient (Wildman–Crippen LogP) is 0.482. The van der Waals surface area contributed by atoms with Crippen LogP contribution in [-0.4, -0.2) is 30.2 Å². The van der Waals surface area contributed by atoms with E-state index in [2.05, 4.69) is 5.32 Å². The average molecular weight is 293 g/mol. The quantitative estimate of drug-likeness (QED) is 0.709. The third-order valence-electron chi connectivity index (χ3n) is 3.17. The van der Waals surface area contributed by atoms with Gasteiger partial charge in [-0.2, -0.15) is 0 Å². The molecule has 0 radical (unpaired) electrons. The van der Waals surface area contributed by atoms with Crippen LogP contribution in [0.5, 0.6) is 0 Å². The molecule has 2 rings (SSSR count). The molecule has 6 heteroatoms. The molecule has 1 aromatic carbocycles. The van der Waals surface area contributed by atoms with Crippen LogP contribution in [0.2, 0.25) is 0 Å². The highest BCUT2D eigenvalue weighted by Gasteiger charge is 2.39. The van der Waals surface area contributed by atoms with Gasteiger partial charge in [0.1, 0.15) is 0 Å². The van der Waals surface area contributed by atoms with E-state index >= 15 is 0 Å². The zero-order valence-corrected chi connectivity index (χ0v) is 12.0. The maximum Gasteiger partial charge on any atom is 0.251 e. The summed E-state index contributed by atoms with van der Waals surface area (Å²) < 4.78 is 0. The van der Waals surface area contributed by atoms with Gasteiger partial charge in [0.25, 0.3) is 5.91 Å². The second-order valence-electron chi connectivity index (χ2n) is 4.86. The molecule has 1 aromatic rings. The third-order valence-corrected chi connectivity index (χ3v) is 4.23. The molecule has 108 valence electrons. The van der Waals surface area contributed by atoms with Crippen LogP contribution >= 0.6 is 11.8 Å². The van der Waals surface area contributed by atoms with Gasteiger partial charge in [0.05, 0.1) is 0 Å². The molecule has 2 unspecified atom stereocenters. The molecule has 0 heterocycles. The lowest BCUT2D eigenvalue weighted by Gasteiger charge is -2.05. The summed E-state index contributed by atoms with van der Waals surface area (Å²) in [5.41, 5.74) is 12.6. The van der Waals surface area contributed by atoms with Crippen LogP contribution < -0.4 is 16.8 Å². The zero-order chi connectivity index (χ0) is 14.5. The number of benzene rings is 1. The van der Waals surface area contributed by atoms with Gasteiger partial charge < -0.3 is 16.8 Å². The number of thioether (sulfide) groups is 1. The van der Waals surface area contributed by atoms with Crippen molar-refractivity contribution in [2.45, 2.75) is 18.2 Å². The molecule has 1 amide bonds. The topological polar surface area (TPSA) is 98.2 Å². The molecule has 0 bridgehead atoms. The maximum atomic E-state index is 11.7. The van der Waals surface area contributed by atoms with E-state index in [9.17, 15) is 9.59 Å². The van der Waals surface area contributed by atoms with Gasteiger partial charge in [0.15, 0.2) is 5.12 Å². The van der Waals surface area contributed by atoms with Crippen molar-refractivity contribution in [2.24, 2.45) is 17.4 Å². The van der Waals surface area contributed by atoms with Crippen LogP contribution in [0.15, 0.2) is 24.3 Å². The summed E-state index contributed by atoms with van der Waals surface area (Å²) in [6.07, 6.45) is 0.812. The normalized spacial score (nSPS) is 20.5. The Morgan fingerprint density at radius 3 is 2.50 bits per heavy atom. The number of hydrogen-bond acceptors (Lipinski definition) is 5. The van der Waals surface area contributed by atoms with Crippen LogP contribution in [0, 0.1) is 5.92 Å². The molecular weight excluding hydrogens is 274 g/mol. The first-order valence-electron chi connectivity index (χ1n) is 6.61. The van der Waals surface area contributed by atoms with E-state index in [0.717, 1.165) is 12.0 Å². The Balaban J connectivity index is 1.82. The minimum atomic E-state index is -0.130. The maximum absolute atomic E-state index is 11.7. The van der Waals surface area contributed by atoms with E-state index in [1.165, 1.54) is 11.8 Å². The molecule has 0 spiro atoms. The Morgan fingerprint density at radius 2 is 1.95 bits per heavy atom. The predicted molar refractivity (Wildman–Crippen MR) is 80.2 cm³/mol. The van der Waals surface area contributed by atoms with Crippen molar-refractivity contribution in [1.82, 2.24) is 5.32 Å². The minimum Gasteiger partial charge on any atom is -0.351 e. The standard InChI is InChI=1S/C14H19N3O2S/c15-5-6-17-13(18)10-3-1-9(2-4-10)8-20-14(19)11-7-12(11)16/h1-4,11-12H,5-8,15-16H2,(H,17,18). The number of amides is 1. The second kappa shape index (κ2) is 6.88. The molecule has 0 aromatic heterocycles. The van der Waals surface area contributed by atoms with Crippen LogP contribution in [0.4, 0.5) is 0 Å². The van der Waals surface area contributed by atoms with E-state index in [0.29, 0.717) is 24.4 Å². The van der Waals surface area contributed by atoms with E-state index in [-0.39, 0.29) is 23.0 Å². The highest BCUT2D eigenvalue weighted by atomic mass is 32.2. The molecule has 1 aliphatic rings. The van der Waals surface area contributed by atoms with Crippen molar-refractivity contribution < 1.29 is 9.59 Å². The van der Waals surface area contributed by atoms with Crippen LogP contribution in [0.3, 0.4) is 0 Å². The fourth-order valence-electron chi connectivity index (χ4n) is 1.79. The van der Waals surface area contributed by atoms with Crippen molar-refractivity contribution in [3.05, 3.63) is 35.4 Å². The van der Waals surface area contributed by atoms with Gasteiger partial charge in [-0.3, -0.25) is 9.59 Å². The number of nitrogens with one attached hydrogen (secondary N) is 1. The molecule has 0 aliphatic heterocycles. The van der Waals surface area contributed by atoms with Gasteiger partial charge in [0, 0.05) is 36.4 Å². The smallest absolute Gasteiger partial charge is 0.251 e. The van der Waals surface area contributed by atoms with Crippen molar-refractivity contribution in [3.63, 3.8) is 0 Å². The molecule has 1 aliphatic carbocycles. The molecule has 0 saturated heterocycles. The van der Waals surface area contributed by atoms with E-state index in [1.54, 1.807) is 12.1 Å². The van der Waals surface area contributed by atoms with Crippen LogP contribution in [0.25, 0.3) is 0 Å². The highest BCUT2D eigenvalue weighted by molar-refractivity contribution is 8.13. The van der Waals surface area contributed by atoms with E-state index in [1.807, 2.05) is 12.1 Å². The number of hydrogen-bond donors (Lipinski definition) is 3. The lowest BCUT2D eigenvalue weighted by atomic mass is 10.1. The molecule has 5 nitrogen and oxygen atoms in total. The Bertz CT molecular complexity index is 490. The fraction of sp³-hybridized carbons (Fsp3) is 0.429. The number of rotatable bonds is 6. The van der Waals surface area contributed by atoms with Gasteiger partial charge in [-0.15, -0.1) is 0 Å². The number of carbonyl (C=O) groups excluding carboxylic acids is 2. The lowest BCUT2D eigenvalue weighted by molar-refractivity contribution is -0.112. The van der Waals surface area contributed by atoms with Gasteiger partial charge >= 0.3 is 0 Å². The minimum absolute atomic E-state index is 0.0429. The molecule has 1 fully saturated rings. The Kier molecular flexibility index (Phi) is 5.17. The first-order chi connectivity index (χ1) is 9.61. The van der Waals surface area contributed by atoms with Gasteiger partial charge in [-0.25, -0.2) is 0 Å². The van der Waals surface area contributed by atoms with Gasteiger partial charge in [-0.05, 0) is 24.1 Å². The monoisotopic (exact) mass is 293 g/mol. The van der Waals surface area contributed by atoms with Gasteiger partial charge in [-0.1, -0.05) is 23.9 Å². The summed E-state index contributed by atoms with van der Waals surface area (Å²) >= 11 is 1.30. The third kappa shape index (κ3) is 4.06. The number of nitrogens with two attached hydrogens (primary N) is 2.